The van der Waals surface area contributed by atoms with Crippen LogP contribution in [-0.4, -0.2) is 30.0 Å². The Morgan fingerprint density at radius 2 is 1.59 bits per heavy atom. The molecule has 1 aliphatic rings. The summed E-state index contributed by atoms with van der Waals surface area (Å²) in [5.74, 6) is -0.344. The third-order valence-electron chi connectivity index (χ3n) is 6.33. The largest absolute Gasteiger partial charge is 0.507 e. The van der Waals surface area contributed by atoms with Crippen LogP contribution in [0.1, 0.15) is 57.4 Å². The van der Waals surface area contributed by atoms with Gasteiger partial charge in [0.05, 0.1) is 24.8 Å². The van der Waals surface area contributed by atoms with E-state index in [0.29, 0.717) is 35.8 Å². The number of Topliss-reactive ketones (excluding diaryl/α,β-unsaturated/α-hetero) is 1. The fourth-order valence-corrected chi connectivity index (χ4v) is 4.64. The van der Waals surface area contributed by atoms with Crippen LogP contribution in [0.25, 0.3) is 5.76 Å². The normalized spacial score (nSPS) is 17.2. The Hall–Kier alpha value is -4.06. The fourth-order valence-electron chi connectivity index (χ4n) is 4.64. The predicted octanol–water partition coefficient (Wildman–Crippen LogP) is 6.41. The highest BCUT2D eigenvalue weighted by molar-refractivity contribution is 6.51. The molecule has 0 aromatic heterocycles. The second-order valence-electron chi connectivity index (χ2n) is 9.90. The zero-order valence-electron chi connectivity index (χ0n) is 21.9. The standard InChI is InChI=1S/C31H33NO5/c1-6-36-23-15-11-14-22(19-23)32-27(20-12-9-8-10-13-20)26(29(34)30(32)35)28(33)21-16-17-25(37-7-2)24(18-21)31(3,4)5/h8-19,27,33H,6-7H2,1-5H3/b28-26-. The Kier molecular flexibility index (Phi) is 7.39. The summed E-state index contributed by atoms with van der Waals surface area (Å²) >= 11 is 0. The number of hydrogen-bond acceptors (Lipinski definition) is 5. The van der Waals surface area contributed by atoms with Crippen LogP contribution in [0.5, 0.6) is 11.5 Å². The van der Waals surface area contributed by atoms with Crippen LogP contribution in [0, 0.1) is 0 Å². The van der Waals surface area contributed by atoms with Crippen LogP contribution >= 0.6 is 0 Å². The molecule has 6 heteroatoms. The van der Waals surface area contributed by atoms with Gasteiger partial charge in [0.2, 0.25) is 0 Å². The smallest absolute Gasteiger partial charge is 0.300 e. The molecular formula is C31H33NO5. The van der Waals surface area contributed by atoms with E-state index in [4.69, 9.17) is 9.47 Å². The van der Waals surface area contributed by atoms with E-state index in [1.165, 1.54) is 4.90 Å². The average molecular weight is 500 g/mol. The van der Waals surface area contributed by atoms with Crippen molar-refractivity contribution in [3.8, 4) is 11.5 Å². The first-order valence-electron chi connectivity index (χ1n) is 12.5. The summed E-state index contributed by atoms with van der Waals surface area (Å²) in [4.78, 5) is 28.4. The number of ketones is 1. The minimum atomic E-state index is -0.803. The van der Waals surface area contributed by atoms with Gasteiger partial charge in [-0.05, 0) is 55.2 Å². The fraction of sp³-hybridized carbons (Fsp3) is 0.290. The van der Waals surface area contributed by atoms with Gasteiger partial charge >= 0.3 is 0 Å². The third-order valence-corrected chi connectivity index (χ3v) is 6.33. The van der Waals surface area contributed by atoms with Crippen LogP contribution < -0.4 is 14.4 Å². The first-order valence-corrected chi connectivity index (χ1v) is 12.5. The van der Waals surface area contributed by atoms with Gasteiger partial charge < -0.3 is 14.6 Å². The third kappa shape index (κ3) is 5.10. The van der Waals surface area contributed by atoms with Crippen molar-refractivity contribution in [1.29, 1.82) is 0 Å². The van der Waals surface area contributed by atoms with Crippen molar-refractivity contribution in [3.63, 3.8) is 0 Å². The van der Waals surface area contributed by atoms with Gasteiger partial charge in [-0.15, -0.1) is 0 Å². The number of nitrogens with zero attached hydrogens (tertiary/aromatic N) is 1. The molecule has 0 radical (unpaired) electrons. The molecule has 0 spiro atoms. The van der Waals surface area contributed by atoms with Crippen molar-refractivity contribution in [3.05, 3.63) is 95.1 Å². The van der Waals surface area contributed by atoms with E-state index in [0.717, 1.165) is 11.3 Å². The molecular weight excluding hydrogens is 466 g/mol. The molecule has 6 nitrogen and oxygen atoms in total. The number of rotatable bonds is 7. The Balaban J connectivity index is 1.92. The van der Waals surface area contributed by atoms with Gasteiger partial charge in [-0.25, -0.2) is 0 Å². The van der Waals surface area contributed by atoms with E-state index >= 15 is 0 Å². The molecule has 0 bridgehead atoms. The summed E-state index contributed by atoms with van der Waals surface area (Å²) in [5.41, 5.74) is 2.35. The highest BCUT2D eigenvalue weighted by Gasteiger charge is 2.47. The Bertz CT molecular complexity index is 1340. The summed E-state index contributed by atoms with van der Waals surface area (Å²) in [6.07, 6.45) is 0. The van der Waals surface area contributed by atoms with Crippen molar-refractivity contribution >= 4 is 23.1 Å². The van der Waals surface area contributed by atoms with Crippen molar-refractivity contribution in [2.45, 2.75) is 46.1 Å². The molecule has 37 heavy (non-hydrogen) atoms. The van der Waals surface area contributed by atoms with Gasteiger partial charge in [0.25, 0.3) is 11.7 Å². The van der Waals surface area contributed by atoms with Gasteiger partial charge in [-0.2, -0.15) is 0 Å². The lowest BCUT2D eigenvalue weighted by Gasteiger charge is -2.26. The molecule has 1 unspecified atom stereocenters. The summed E-state index contributed by atoms with van der Waals surface area (Å²) < 4.78 is 11.5. The maximum Gasteiger partial charge on any atom is 0.300 e. The highest BCUT2D eigenvalue weighted by atomic mass is 16.5. The van der Waals surface area contributed by atoms with E-state index in [1.54, 1.807) is 36.4 Å². The Labute approximate surface area is 218 Å². The SMILES string of the molecule is CCOc1cccc(N2C(=O)C(=O)/C(=C(\O)c3ccc(OCC)c(C(C)(C)C)c3)C2c2ccccc2)c1. The Morgan fingerprint density at radius 3 is 2.24 bits per heavy atom. The van der Waals surface area contributed by atoms with Crippen molar-refractivity contribution < 1.29 is 24.2 Å². The van der Waals surface area contributed by atoms with Gasteiger partial charge in [-0.1, -0.05) is 57.2 Å². The second kappa shape index (κ2) is 10.5. The highest BCUT2D eigenvalue weighted by Crippen LogP contribution is 2.43. The van der Waals surface area contributed by atoms with E-state index in [1.807, 2.05) is 50.2 Å². The molecule has 1 N–H and O–H groups in total. The van der Waals surface area contributed by atoms with E-state index < -0.39 is 17.7 Å². The second-order valence-corrected chi connectivity index (χ2v) is 9.90. The monoisotopic (exact) mass is 499 g/mol. The quantitative estimate of drug-likeness (QED) is 0.231. The Morgan fingerprint density at radius 1 is 0.892 bits per heavy atom. The minimum Gasteiger partial charge on any atom is -0.507 e. The van der Waals surface area contributed by atoms with Crippen LogP contribution in [-0.2, 0) is 15.0 Å². The molecule has 4 rings (SSSR count). The molecule has 1 heterocycles. The molecule has 1 amide bonds. The number of aliphatic hydroxyl groups excluding tert-OH is 1. The molecule has 0 saturated carbocycles. The van der Waals surface area contributed by atoms with Gasteiger partial charge in [0, 0.05) is 22.9 Å². The average Bonchev–Trinajstić information content (AvgIpc) is 3.14. The van der Waals surface area contributed by atoms with Crippen LogP contribution in [0.3, 0.4) is 0 Å². The first kappa shape index (κ1) is 26.0. The van der Waals surface area contributed by atoms with Crippen molar-refractivity contribution in [2.75, 3.05) is 18.1 Å². The van der Waals surface area contributed by atoms with Crippen molar-refractivity contribution in [2.24, 2.45) is 0 Å². The zero-order valence-corrected chi connectivity index (χ0v) is 21.9. The summed E-state index contributed by atoms with van der Waals surface area (Å²) in [6, 6.07) is 20.9. The van der Waals surface area contributed by atoms with Crippen LogP contribution in [0.15, 0.2) is 78.4 Å². The lowest BCUT2D eigenvalue weighted by atomic mass is 9.84. The van der Waals surface area contributed by atoms with Crippen LogP contribution in [0.2, 0.25) is 0 Å². The first-order chi connectivity index (χ1) is 17.7. The molecule has 192 valence electrons. The molecule has 1 fully saturated rings. The lowest BCUT2D eigenvalue weighted by molar-refractivity contribution is -0.132. The zero-order chi connectivity index (χ0) is 26.7. The van der Waals surface area contributed by atoms with Crippen LogP contribution in [0.4, 0.5) is 5.69 Å². The van der Waals surface area contributed by atoms with E-state index in [-0.39, 0.29) is 16.7 Å². The van der Waals surface area contributed by atoms with Gasteiger partial charge in [0.1, 0.15) is 17.3 Å². The summed E-state index contributed by atoms with van der Waals surface area (Å²) in [6.45, 7) is 11.0. The maximum atomic E-state index is 13.5. The summed E-state index contributed by atoms with van der Waals surface area (Å²) in [5, 5.41) is 11.6. The number of benzene rings is 3. The number of carbonyl (C=O) groups excluding carboxylic acids is 2. The number of hydrogen-bond donors (Lipinski definition) is 1. The molecule has 0 aliphatic carbocycles. The number of carbonyl (C=O) groups is 2. The topological polar surface area (TPSA) is 76.1 Å². The predicted molar refractivity (Wildman–Crippen MR) is 145 cm³/mol. The minimum absolute atomic E-state index is 0.0435. The van der Waals surface area contributed by atoms with E-state index in [9.17, 15) is 14.7 Å². The molecule has 1 aliphatic heterocycles. The summed E-state index contributed by atoms with van der Waals surface area (Å²) in [7, 11) is 0. The van der Waals surface area contributed by atoms with E-state index in [2.05, 4.69) is 20.8 Å². The lowest BCUT2D eigenvalue weighted by Crippen LogP contribution is -2.29. The van der Waals surface area contributed by atoms with Gasteiger partial charge in [0.15, 0.2) is 0 Å². The number of ether oxygens (including phenoxy) is 2. The number of amides is 1. The maximum absolute atomic E-state index is 13.5. The molecule has 1 atom stereocenters. The number of aliphatic hydroxyl groups is 1. The van der Waals surface area contributed by atoms with Gasteiger partial charge in [-0.3, -0.25) is 14.5 Å². The van der Waals surface area contributed by atoms with Crippen molar-refractivity contribution in [1.82, 2.24) is 0 Å². The molecule has 1 saturated heterocycles. The molecule has 3 aromatic rings. The molecule has 3 aromatic carbocycles. The number of anilines is 1.